The van der Waals surface area contributed by atoms with Gasteiger partial charge < -0.3 is 9.53 Å². The molecule has 1 aliphatic heterocycles. The smallest absolute Gasteiger partial charge is 0.137 e. The number of carbonyl (C=O) groups is 1. The Morgan fingerprint density at radius 1 is 1.39 bits per heavy atom. The summed E-state index contributed by atoms with van der Waals surface area (Å²) in [5.74, 6) is 0.940. The minimum Gasteiger partial charge on any atom is -0.494 e. The second-order valence-electron chi connectivity index (χ2n) is 4.71. The van der Waals surface area contributed by atoms with Gasteiger partial charge in [0, 0.05) is 12.1 Å². The molecule has 1 saturated heterocycles. The van der Waals surface area contributed by atoms with Crippen LogP contribution >= 0.6 is 0 Å². The van der Waals surface area contributed by atoms with Crippen LogP contribution in [0.4, 0.5) is 0 Å². The summed E-state index contributed by atoms with van der Waals surface area (Å²) >= 11 is 0. The third kappa shape index (κ3) is 3.10. The molecule has 3 nitrogen and oxygen atoms in total. The number of para-hydroxylation sites is 1. The number of ether oxygens (including phenoxy) is 1. The van der Waals surface area contributed by atoms with Gasteiger partial charge in [-0.05, 0) is 32.4 Å². The Labute approximate surface area is 109 Å². The average Bonchev–Trinajstić information content (AvgIpc) is 2.42. The molecule has 1 aromatic carbocycles. The summed E-state index contributed by atoms with van der Waals surface area (Å²) in [6.45, 7) is 4.48. The number of benzene rings is 1. The topological polar surface area (TPSA) is 29.5 Å². The van der Waals surface area contributed by atoms with Crippen molar-refractivity contribution in [1.82, 2.24) is 4.90 Å². The summed E-state index contributed by atoms with van der Waals surface area (Å²) in [5, 5.41) is 0. The number of rotatable bonds is 5. The Kier molecular flexibility index (Phi) is 4.76. The molecule has 0 radical (unpaired) electrons. The van der Waals surface area contributed by atoms with Crippen molar-refractivity contribution in [2.24, 2.45) is 0 Å². The third-order valence-electron chi connectivity index (χ3n) is 3.47. The fraction of sp³-hybridized carbons (Fsp3) is 0.533. The zero-order valence-electron chi connectivity index (χ0n) is 11.0. The van der Waals surface area contributed by atoms with Gasteiger partial charge in [-0.15, -0.1) is 0 Å². The van der Waals surface area contributed by atoms with E-state index >= 15 is 0 Å². The van der Waals surface area contributed by atoms with Gasteiger partial charge in [-0.25, -0.2) is 0 Å². The lowest BCUT2D eigenvalue weighted by Gasteiger charge is -2.32. The second kappa shape index (κ2) is 6.55. The van der Waals surface area contributed by atoms with E-state index in [2.05, 4.69) is 11.0 Å². The normalized spacial score (nSPS) is 20.6. The molecule has 0 spiro atoms. The molecule has 1 aliphatic rings. The van der Waals surface area contributed by atoms with Gasteiger partial charge >= 0.3 is 0 Å². The fourth-order valence-corrected chi connectivity index (χ4v) is 2.52. The number of aldehydes is 1. The predicted molar refractivity (Wildman–Crippen MR) is 71.7 cm³/mol. The van der Waals surface area contributed by atoms with Crippen LogP contribution in [0.3, 0.4) is 0 Å². The first-order chi connectivity index (χ1) is 8.85. The molecule has 0 N–H and O–H groups in total. The van der Waals surface area contributed by atoms with Crippen LogP contribution in [0.5, 0.6) is 5.75 Å². The number of hydrogen-bond donors (Lipinski definition) is 0. The van der Waals surface area contributed by atoms with Crippen LogP contribution in [0.15, 0.2) is 24.3 Å². The summed E-state index contributed by atoms with van der Waals surface area (Å²) in [6, 6.07) is 8.17. The monoisotopic (exact) mass is 247 g/mol. The van der Waals surface area contributed by atoms with Gasteiger partial charge in [0.05, 0.1) is 12.6 Å². The minimum absolute atomic E-state index is 0.0773. The first-order valence-electron chi connectivity index (χ1n) is 6.75. The van der Waals surface area contributed by atoms with E-state index in [4.69, 9.17) is 4.74 Å². The quantitative estimate of drug-likeness (QED) is 0.749. The van der Waals surface area contributed by atoms with Crippen molar-refractivity contribution in [1.29, 1.82) is 0 Å². The van der Waals surface area contributed by atoms with Crippen LogP contribution in [0, 0.1) is 0 Å². The third-order valence-corrected chi connectivity index (χ3v) is 3.47. The molecule has 98 valence electrons. The Morgan fingerprint density at radius 2 is 2.22 bits per heavy atom. The van der Waals surface area contributed by atoms with E-state index in [0.717, 1.165) is 38.0 Å². The van der Waals surface area contributed by atoms with Crippen molar-refractivity contribution in [3.05, 3.63) is 29.8 Å². The van der Waals surface area contributed by atoms with Gasteiger partial charge in [-0.3, -0.25) is 4.90 Å². The lowest BCUT2D eigenvalue weighted by atomic mass is 10.0. The van der Waals surface area contributed by atoms with E-state index in [-0.39, 0.29) is 6.04 Å². The zero-order valence-corrected chi connectivity index (χ0v) is 11.0. The molecule has 1 atom stereocenters. The van der Waals surface area contributed by atoms with E-state index < -0.39 is 0 Å². The van der Waals surface area contributed by atoms with E-state index in [9.17, 15) is 4.79 Å². The van der Waals surface area contributed by atoms with Crippen molar-refractivity contribution < 1.29 is 9.53 Å². The van der Waals surface area contributed by atoms with Crippen LogP contribution in [-0.2, 0) is 11.3 Å². The maximum Gasteiger partial charge on any atom is 0.137 e. The number of piperidine rings is 1. The van der Waals surface area contributed by atoms with Crippen LogP contribution in [0.2, 0.25) is 0 Å². The number of nitrogens with zero attached hydrogens (tertiary/aromatic N) is 1. The molecule has 18 heavy (non-hydrogen) atoms. The Balaban J connectivity index is 2.09. The molecule has 1 heterocycles. The highest BCUT2D eigenvalue weighted by Gasteiger charge is 2.22. The average molecular weight is 247 g/mol. The molecular weight excluding hydrogens is 226 g/mol. The van der Waals surface area contributed by atoms with Gasteiger partial charge in [0.25, 0.3) is 0 Å². The summed E-state index contributed by atoms with van der Waals surface area (Å²) < 4.78 is 5.63. The second-order valence-corrected chi connectivity index (χ2v) is 4.71. The first kappa shape index (κ1) is 13.1. The summed E-state index contributed by atoms with van der Waals surface area (Å²) in [5.41, 5.74) is 1.17. The van der Waals surface area contributed by atoms with Crippen molar-refractivity contribution in [2.45, 2.75) is 38.8 Å². The Morgan fingerprint density at radius 3 is 3.00 bits per heavy atom. The standard InChI is InChI=1S/C15H21NO2/c1-2-18-15-9-4-3-7-13(15)11-16-10-6-5-8-14(16)12-17/h3-4,7,9,12,14H,2,5-6,8,10-11H2,1H3. The van der Waals surface area contributed by atoms with Gasteiger partial charge in [-0.2, -0.15) is 0 Å². The Bertz CT molecular complexity index is 392. The number of carbonyl (C=O) groups excluding carboxylic acids is 1. The lowest BCUT2D eigenvalue weighted by molar-refractivity contribution is -0.113. The molecule has 0 bridgehead atoms. The van der Waals surface area contributed by atoms with E-state index in [0.29, 0.717) is 6.61 Å². The molecule has 1 unspecified atom stereocenters. The lowest BCUT2D eigenvalue weighted by Crippen LogP contribution is -2.39. The molecule has 0 saturated carbocycles. The van der Waals surface area contributed by atoms with Crippen molar-refractivity contribution in [3.63, 3.8) is 0 Å². The molecule has 1 fully saturated rings. The molecule has 0 aromatic heterocycles. The maximum absolute atomic E-state index is 11.1. The largest absolute Gasteiger partial charge is 0.494 e. The highest BCUT2D eigenvalue weighted by Crippen LogP contribution is 2.23. The molecule has 0 aliphatic carbocycles. The SMILES string of the molecule is CCOc1ccccc1CN1CCCCC1C=O. The van der Waals surface area contributed by atoms with Gasteiger partial charge in [0.2, 0.25) is 0 Å². The summed E-state index contributed by atoms with van der Waals surface area (Å²) in [4.78, 5) is 13.4. The zero-order chi connectivity index (χ0) is 12.8. The van der Waals surface area contributed by atoms with Crippen LogP contribution in [0.25, 0.3) is 0 Å². The summed E-state index contributed by atoms with van der Waals surface area (Å²) in [7, 11) is 0. The number of likely N-dealkylation sites (tertiary alicyclic amines) is 1. The van der Waals surface area contributed by atoms with Crippen molar-refractivity contribution in [2.75, 3.05) is 13.2 Å². The van der Waals surface area contributed by atoms with Crippen molar-refractivity contribution >= 4 is 6.29 Å². The van der Waals surface area contributed by atoms with Crippen molar-refractivity contribution in [3.8, 4) is 5.75 Å². The number of hydrogen-bond acceptors (Lipinski definition) is 3. The van der Waals surface area contributed by atoms with Crippen LogP contribution in [-0.4, -0.2) is 30.4 Å². The van der Waals surface area contributed by atoms with E-state index in [1.807, 2.05) is 25.1 Å². The maximum atomic E-state index is 11.1. The predicted octanol–water partition coefficient (Wildman–Crippen LogP) is 2.64. The first-order valence-corrected chi connectivity index (χ1v) is 6.75. The highest BCUT2D eigenvalue weighted by atomic mass is 16.5. The molecule has 0 amide bonds. The van der Waals surface area contributed by atoms with Gasteiger partial charge in [0.15, 0.2) is 0 Å². The fourth-order valence-electron chi connectivity index (χ4n) is 2.52. The highest BCUT2D eigenvalue weighted by molar-refractivity contribution is 5.57. The van der Waals surface area contributed by atoms with E-state index in [1.54, 1.807) is 0 Å². The summed E-state index contributed by atoms with van der Waals surface area (Å²) in [6.07, 6.45) is 4.41. The van der Waals surface area contributed by atoms with Gasteiger partial charge in [-0.1, -0.05) is 24.6 Å². The molecule has 2 rings (SSSR count). The van der Waals surface area contributed by atoms with Crippen LogP contribution < -0.4 is 4.74 Å². The van der Waals surface area contributed by atoms with Crippen LogP contribution in [0.1, 0.15) is 31.7 Å². The van der Waals surface area contributed by atoms with E-state index in [1.165, 1.54) is 12.0 Å². The molecular formula is C15H21NO2. The minimum atomic E-state index is 0.0773. The van der Waals surface area contributed by atoms with Gasteiger partial charge in [0.1, 0.15) is 12.0 Å². The Hall–Kier alpha value is -1.35. The molecule has 1 aromatic rings. The molecule has 3 heteroatoms.